The summed E-state index contributed by atoms with van der Waals surface area (Å²) in [6.07, 6.45) is 16.9. The van der Waals surface area contributed by atoms with E-state index in [2.05, 4.69) is 13.8 Å². The molecule has 0 N–H and O–H groups in total. The summed E-state index contributed by atoms with van der Waals surface area (Å²) in [4.78, 5) is 0. The number of unbranched alkanes of at least 4 members (excludes halogenated alkanes) is 8. The highest BCUT2D eigenvalue weighted by molar-refractivity contribution is 4.58. The molecule has 0 spiro atoms. The number of rotatable bonds is 13. The second-order valence-electron chi connectivity index (χ2n) is 5.26. The first-order valence-electron chi connectivity index (χ1n) is 7.87. The molecule has 0 aliphatic carbocycles. The van der Waals surface area contributed by atoms with Crippen LogP contribution in [0.2, 0.25) is 0 Å². The van der Waals surface area contributed by atoms with Crippen molar-refractivity contribution in [2.45, 2.75) is 97.0 Å². The minimum atomic E-state index is 0.525. The smallest absolute Gasteiger partial charge is 0.0571 e. The second-order valence-corrected chi connectivity index (χ2v) is 5.26. The van der Waals surface area contributed by atoms with Gasteiger partial charge in [0.1, 0.15) is 0 Å². The van der Waals surface area contributed by atoms with Gasteiger partial charge in [-0.05, 0) is 12.8 Å². The van der Waals surface area contributed by atoms with Gasteiger partial charge in [0.2, 0.25) is 0 Å². The van der Waals surface area contributed by atoms with Crippen LogP contribution < -0.4 is 0 Å². The average molecular weight is 242 g/mol. The van der Waals surface area contributed by atoms with Crippen LogP contribution >= 0.6 is 0 Å². The number of hydrogen-bond acceptors (Lipinski definition) is 1. The molecule has 0 saturated carbocycles. The van der Waals surface area contributed by atoms with Crippen LogP contribution in [0.15, 0.2) is 0 Å². The summed E-state index contributed by atoms with van der Waals surface area (Å²) < 4.78 is 5.54. The van der Waals surface area contributed by atoms with Crippen LogP contribution in [-0.4, -0.2) is 13.2 Å². The minimum absolute atomic E-state index is 0.525. The van der Waals surface area contributed by atoms with Gasteiger partial charge in [0.25, 0.3) is 0 Å². The van der Waals surface area contributed by atoms with E-state index in [0.29, 0.717) is 6.10 Å². The maximum atomic E-state index is 5.54. The Hall–Kier alpha value is -0.0400. The van der Waals surface area contributed by atoms with Crippen molar-refractivity contribution < 1.29 is 4.74 Å². The Kier molecular flexibility index (Phi) is 14.0. The Morgan fingerprint density at radius 3 is 1.59 bits per heavy atom. The fraction of sp³-hybridized carbons (Fsp3) is 1.00. The summed E-state index contributed by atoms with van der Waals surface area (Å²) in [5.74, 6) is 0. The highest BCUT2D eigenvalue weighted by Gasteiger charge is 2.06. The van der Waals surface area contributed by atoms with Crippen molar-refractivity contribution in [3.8, 4) is 0 Å². The normalized spacial score (nSPS) is 12.9. The molecule has 1 nitrogen and oxygen atoms in total. The Labute approximate surface area is 109 Å². The molecule has 0 aliphatic heterocycles. The molecule has 0 rings (SSSR count). The van der Waals surface area contributed by atoms with E-state index in [1.807, 2.05) is 7.11 Å². The molecule has 0 fully saturated rings. The molecule has 0 radical (unpaired) electrons. The third-order valence-electron chi connectivity index (χ3n) is 3.59. The molecular weight excluding hydrogens is 208 g/mol. The molecule has 1 unspecified atom stereocenters. The fourth-order valence-electron chi connectivity index (χ4n) is 2.33. The van der Waals surface area contributed by atoms with Crippen molar-refractivity contribution >= 4 is 0 Å². The van der Waals surface area contributed by atoms with Crippen molar-refractivity contribution in [3.63, 3.8) is 0 Å². The van der Waals surface area contributed by atoms with Crippen molar-refractivity contribution in [2.75, 3.05) is 7.11 Å². The minimum Gasteiger partial charge on any atom is -0.381 e. The van der Waals surface area contributed by atoms with E-state index in [-0.39, 0.29) is 0 Å². The van der Waals surface area contributed by atoms with E-state index in [1.54, 1.807) is 0 Å². The third-order valence-corrected chi connectivity index (χ3v) is 3.59. The Morgan fingerprint density at radius 1 is 0.647 bits per heavy atom. The van der Waals surface area contributed by atoms with Gasteiger partial charge in [-0.15, -0.1) is 0 Å². The first-order valence-corrected chi connectivity index (χ1v) is 7.87. The second kappa shape index (κ2) is 14.0. The van der Waals surface area contributed by atoms with Crippen LogP contribution in [0.4, 0.5) is 0 Å². The zero-order chi connectivity index (χ0) is 12.8. The molecule has 0 aliphatic rings. The molecule has 0 aromatic carbocycles. The lowest BCUT2D eigenvalue weighted by Crippen LogP contribution is -2.10. The van der Waals surface area contributed by atoms with Crippen LogP contribution in [0, 0.1) is 0 Å². The molecule has 17 heavy (non-hydrogen) atoms. The third kappa shape index (κ3) is 12.2. The van der Waals surface area contributed by atoms with Gasteiger partial charge in [-0.1, -0.05) is 78.1 Å². The Balaban J connectivity index is 3.25. The highest BCUT2D eigenvalue weighted by Crippen LogP contribution is 2.15. The molecule has 0 heterocycles. The van der Waals surface area contributed by atoms with Crippen LogP contribution in [0.5, 0.6) is 0 Å². The average Bonchev–Trinajstić information content (AvgIpc) is 2.35. The van der Waals surface area contributed by atoms with Gasteiger partial charge >= 0.3 is 0 Å². The molecule has 1 heteroatoms. The van der Waals surface area contributed by atoms with E-state index in [0.717, 1.165) is 0 Å². The van der Waals surface area contributed by atoms with E-state index < -0.39 is 0 Å². The molecule has 104 valence electrons. The van der Waals surface area contributed by atoms with Crippen LogP contribution in [0.3, 0.4) is 0 Å². The lowest BCUT2D eigenvalue weighted by molar-refractivity contribution is 0.0833. The standard InChI is InChI=1S/C16H34O/c1-4-6-8-9-10-11-13-15-16(17-3)14-12-7-5-2/h16H,4-15H2,1-3H3. The van der Waals surface area contributed by atoms with Gasteiger partial charge in [-0.3, -0.25) is 0 Å². The predicted octanol–water partition coefficient (Wildman–Crippen LogP) is 5.72. The number of ether oxygens (including phenoxy) is 1. The van der Waals surface area contributed by atoms with Gasteiger partial charge in [0, 0.05) is 7.11 Å². The molecular formula is C16H34O. The molecule has 0 bridgehead atoms. The van der Waals surface area contributed by atoms with Gasteiger partial charge in [0.15, 0.2) is 0 Å². The number of methoxy groups -OCH3 is 1. The summed E-state index contributed by atoms with van der Waals surface area (Å²) in [6, 6.07) is 0. The lowest BCUT2D eigenvalue weighted by Gasteiger charge is -2.14. The van der Waals surface area contributed by atoms with Crippen LogP contribution in [-0.2, 0) is 4.74 Å². The fourth-order valence-corrected chi connectivity index (χ4v) is 2.33. The SMILES string of the molecule is CCCCCCCCCC(CCCCC)OC. The van der Waals surface area contributed by atoms with Crippen molar-refractivity contribution in [1.82, 2.24) is 0 Å². The van der Waals surface area contributed by atoms with Crippen molar-refractivity contribution in [2.24, 2.45) is 0 Å². The first kappa shape index (κ1) is 17.0. The molecule has 0 saturated heterocycles. The van der Waals surface area contributed by atoms with Crippen LogP contribution in [0.1, 0.15) is 90.9 Å². The predicted molar refractivity (Wildman–Crippen MR) is 77.5 cm³/mol. The van der Waals surface area contributed by atoms with E-state index in [1.165, 1.54) is 77.0 Å². The quantitative estimate of drug-likeness (QED) is 0.375. The van der Waals surface area contributed by atoms with Gasteiger partial charge in [0.05, 0.1) is 6.10 Å². The number of hydrogen-bond donors (Lipinski definition) is 0. The maximum Gasteiger partial charge on any atom is 0.0571 e. The molecule has 1 atom stereocenters. The summed E-state index contributed by atoms with van der Waals surface area (Å²) in [7, 11) is 1.87. The highest BCUT2D eigenvalue weighted by atomic mass is 16.5. The van der Waals surface area contributed by atoms with Gasteiger partial charge in [-0.25, -0.2) is 0 Å². The van der Waals surface area contributed by atoms with Crippen molar-refractivity contribution in [3.05, 3.63) is 0 Å². The summed E-state index contributed by atoms with van der Waals surface area (Å²) in [5.41, 5.74) is 0. The Morgan fingerprint density at radius 2 is 1.06 bits per heavy atom. The summed E-state index contributed by atoms with van der Waals surface area (Å²) >= 11 is 0. The van der Waals surface area contributed by atoms with Crippen LogP contribution in [0.25, 0.3) is 0 Å². The molecule has 0 aromatic heterocycles. The molecule has 0 aromatic rings. The monoisotopic (exact) mass is 242 g/mol. The lowest BCUT2D eigenvalue weighted by atomic mass is 10.0. The first-order chi connectivity index (χ1) is 8.35. The largest absolute Gasteiger partial charge is 0.381 e. The summed E-state index contributed by atoms with van der Waals surface area (Å²) in [6.45, 7) is 4.54. The topological polar surface area (TPSA) is 9.23 Å². The van der Waals surface area contributed by atoms with Gasteiger partial charge < -0.3 is 4.74 Å². The van der Waals surface area contributed by atoms with E-state index >= 15 is 0 Å². The Bertz CT molecular complexity index is 133. The molecule has 0 amide bonds. The maximum absolute atomic E-state index is 5.54. The summed E-state index contributed by atoms with van der Waals surface area (Å²) in [5, 5.41) is 0. The van der Waals surface area contributed by atoms with Crippen molar-refractivity contribution in [1.29, 1.82) is 0 Å². The zero-order valence-electron chi connectivity index (χ0n) is 12.5. The zero-order valence-corrected chi connectivity index (χ0v) is 12.5. The van der Waals surface area contributed by atoms with Gasteiger partial charge in [-0.2, -0.15) is 0 Å². The van der Waals surface area contributed by atoms with E-state index in [4.69, 9.17) is 4.74 Å². The van der Waals surface area contributed by atoms with E-state index in [9.17, 15) is 0 Å².